The molecule has 1 heterocycles. The molecule has 2 aromatic rings. The zero-order valence-electron chi connectivity index (χ0n) is 9.73. The molecule has 1 unspecified atom stereocenters. The summed E-state index contributed by atoms with van der Waals surface area (Å²) in [6.45, 7) is 2.07. The van der Waals surface area contributed by atoms with Crippen molar-refractivity contribution in [2.24, 2.45) is 5.73 Å². The summed E-state index contributed by atoms with van der Waals surface area (Å²) in [4.78, 5) is 4.13. The van der Waals surface area contributed by atoms with Crippen LogP contribution in [-0.4, -0.2) is 4.98 Å². The molecule has 0 saturated heterocycles. The van der Waals surface area contributed by atoms with Gasteiger partial charge >= 0.3 is 0 Å². The van der Waals surface area contributed by atoms with E-state index < -0.39 is 0 Å². The van der Waals surface area contributed by atoms with E-state index in [0.717, 1.165) is 16.5 Å². The van der Waals surface area contributed by atoms with Crippen LogP contribution in [-0.2, 0) is 6.42 Å². The average molecular weight is 291 g/mol. The highest BCUT2D eigenvalue weighted by molar-refractivity contribution is 9.10. The molecule has 0 aliphatic rings. The van der Waals surface area contributed by atoms with Crippen LogP contribution < -0.4 is 5.73 Å². The van der Waals surface area contributed by atoms with Gasteiger partial charge in [0.2, 0.25) is 0 Å². The van der Waals surface area contributed by atoms with E-state index in [9.17, 15) is 0 Å². The van der Waals surface area contributed by atoms with Crippen molar-refractivity contribution in [2.75, 3.05) is 0 Å². The number of hydrogen-bond donors (Lipinski definition) is 1. The number of pyridine rings is 1. The molecule has 0 bridgehead atoms. The van der Waals surface area contributed by atoms with Gasteiger partial charge in [-0.2, -0.15) is 0 Å². The normalized spacial score (nSPS) is 12.4. The molecule has 0 aliphatic carbocycles. The second kappa shape index (κ2) is 5.43. The van der Waals surface area contributed by atoms with Crippen LogP contribution in [0.5, 0.6) is 0 Å². The topological polar surface area (TPSA) is 38.9 Å². The number of hydrogen-bond acceptors (Lipinski definition) is 2. The summed E-state index contributed by atoms with van der Waals surface area (Å²) in [6, 6.07) is 10.3. The second-order valence-corrected chi connectivity index (χ2v) is 5.09. The summed E-state index contributed by atoms with van der Waals surface area (Å²) in [5.41, 5.74) is 9.77. The number of rotatable bonds is 3. The zero-order chi connectivity index (χ0) is 12.3. The number of nitrogens with two attached hydrogens (primary N) is 1. The molecule has 0 spiro atoms. The van der Waals surface area contributed by atoms with Crippen LogP contribution in [0.4, 0.5) is 0 Å². The van der Waals surface area contributed by atoms with Crippen molar-refractivity contribution in [1.82, 2.24) is 4.98 Å². The third-order valence-corrected chi connectivity index (χ3v) is 3.38. The molecule has 2 N–H and O–H groups in total. The van der Waals surface area contributed by atoms with Crippen molar-refractivity contribution >= 4 is 15.9 Å². The summed E-state index contributed by atoms with van der Waals surface area (Å²) in [5.74, 6) is 0. The SMILES string of the molecule is Cc1ccncc1C(N)Cc1ccc(Br)cc1. The molecular weight excluding hydrogens is 276 g/mol. The molecule has 0 amide bonds. The lowest BCUT2D eigenvalue weighted by Gasteiger charge is -2.14. The predicted molar refractivity (Wildman–Crippen MR) is 73.7 cm³/mol. The molecule has 88 valence electrons. The van der Waals surface area contributed by atoms with Crippen molar-refractivity contribution < 1.29 is 0 Å². The van der Waals surface area contributed by atoms with Gasteiger partial charge in [-0.15, -0.1) is 0 Å². The van der Waals surface area contributed by atoms with E-state index >= 15 is 0 Å². The fourth-order valence-electron chi connectivity index (χ4n) is 1.85. The van der Waals surface area contributed by atoms with Crippen LogP contribution in [0.3, 0.4) is 0 Å². The Morgan fingerprint density at radius 3 is 2.59 bits per heavy atom. The number of aryl methyl sites for hydroxylation is 1. The third kappa shape index (κ3) is 3.14. The van der Waals surface area contributed by atoms with Crippen LogP contribution in [0.15, 0.2) is 47.2 Å². The number of aromatic nitrogens is 1. The molecule has 2 rings (SSSR count). The Balaban J connectivity index is 2.14. The van der Waals surface area contributed by atoms with E-state index in [2.05, 4.69) is 40.0 Å². The summed E-state index contributed by atoms with van der Waals surface area (Å²) in [7, 11) is 0. The monoisotopic (exact) mass is 290 g/mol. The molecule has 3 heteroatoms. The lowest BCUT2D eigenvalue weighted by atomic mass is 9.98. The van der Waals surface area contributed by atoms with Crippen LogP contribution in [0, 0.1) is 6.92 Å². The van der Waals surface area contributed by atoms with E-state index in [1.807, 2.05) is 24.4 Å². The van der Waals surface area contributed by atoms with Gasteiger partial charge in [0.1, 0.15) is 0 Å². The van der Waals surface area contributed by atoms with Gasteiger partial charge in [-0.1, -0.05) is 28.1 Å². The maximum Gasteiger partial charge on any atom is 0.0353 e. The molecule has 1 aromatic carbocycles. The fourth-order valence-corrected chi connectivity index (χ4v) is 2.11. The van der Waals surface area contributed by atoms with Gasteiger partial charge in [-0.3, -0.25) is 4.98 Å². The van der Waals surface area contributed by atoms with Crippen molar-refractivity contribution in [3.63, 3.8) is 0 Å². The van der Waals surface area contributed by atoms with Crippen molar-refractivity contribution in [3.05, 3.63) is 63.9 Å². The quantitative estimate of drug-likeness (QED) is 0.941. The molecule has 0 fully saturated rings. The fraction of sp³-hybridized carbons (Fsp3) is 0.214. The van der Waals surface area contributed by atoms with Crippen LogP contribution in [0.1, 0.15) is 22.7 Å². The Bertz CT molecular complexity index is 494. The van der Waals surface area contributed by atoms with E-state index in [0.29, 0.717) is 0 Å². The molecule has 0 aliphatic heterocycles. The van der Waals surface area contributed by atoms with E-state index in [-0.39, 0.29) is 6.04 Å². The molecule has 2 nitrogen and oxygen atoms in total. The molecule has 17 heavy (non-hydrogen) atoms. The Morgan fingerprint density at radius 2 is 1.94 bits per heavy atom. The number of halogens is 1. The minimum absolute atomic E-state index is 0.00451. The molecule has 1 aromatic heterocycles. The minimum atomic E-state index is 0.00451. The lowest BCUT2D eigenvalue weighted by molar-refractivity contribution is 0.712. The Labute approximate surface area is 110 Å². The first-order chi connectivity index (χ1) is 8.16. The summed E-state index contributed by atoms with van der Waals surface area (Å²) < 4.78 is 1.09. The summed E-state index contributed by atoms with van der Waals surface area (Å²) in [5, 5.41) is 0. The van der Waals surface area contributed by atoms with Crippen LogP contribution in [0.2, 0.25) is 0 Å². The Hall–Kier alpha value is -1.19. The highest BCUT2D eigenvalue weighted by Gasteiger charge is 2.09. The standard InChI is InChI=1S/C14H15BrN2/c1-10-6-7-17-9-13(10)14(16)8-11-2-4-12(15)5-3-11/h2-7,9,14H,8,16H2,1H3. The molecule has 1 atom stereocenters. The molecule has 0 radical (unpaired) electrons. The maximum atomic E-state index is 6.21. The Kier molecular flexibility index (Phi) is 3.92. The second-order valence-electron chi connectivity index (χ2n) is 4.17. The van der Waals surface area contributed by atoms with Crippen LogP contribution >= 0.6 is 15.9 Å². The zero-order valence-corrected chi connectivity index (χ0v) is 11.3. The third-order valence-electron chi connectivity index (χ3n) is 2.85. The first-order valence-electron chi connectivity index (χ1n) is 5.57. The lowest BCUT2D eigenvalue weighted by Crippen LogP contribution is -2.14. The number of benzene rings is 1. The van der Waals surface area contributed by atoms with Crippen molar-refractivity contribution in [3.8, 4) is 0 Å². The van der Waals surface area contributed by atoms with E-state index in [4.69, 9.17) is 5.73 Å². The molecular formula is C14H15BrN2. The largest absolute Gasteiger partial charge is 0.324 e. The maximum absolute atomic E-state index is 6.21. The van der Waals surface area contributed by atoms with Gasteiger partial charge in [0.25, 0.3) is 0 Å². The first kappa shape index (κ1) is 12.3. The van der Waals surface area contributed by atoms with Gasteiger partial charge in [0.15, 0.2) is 0 Å². The highest BCUT2D eigenvalue weighted by atomic mass is 79.9. The summed E-state index contributed by atoms with van der Waals surface area (Å²) in [6.07, 6.45) is 4.49. The summed E-state index contributed by atoms with van der Waals surface area (Å²) >= 11 is 3.43. The first-order valence-corrected chi connectivity index (χ1v) is 6.36. The number of nitrogens with zero attached hydrogens (tertiary/aromatic N) is 1. The smallest absolute Gasteiger partial charge is 0.0353 e. The predicted octanol–water partition coefficient (Wildman–Crippen LogP) is 3.40. The van der Waals surface area contributed by atoms with E-state index in [1.165, 1.54) is 11.1 Å². The van der Waals surface area contributed by atoms with Crippen molar-refractivity contribution in [1.29, 1.82) is 0 Å². The van der Waals surface area contributed by atoms with E-state index in [1.54, 1.807) is 6.20 Å². The highest BCUT2D eigenvalue weighted by Crippen LogP contribution is 2.19. The van der Waals surface area contributed by atoms with Gasteiger partial charge in [0.05, 0.1) is 0 Å². The Morgan fingerprint density at radius 1 is 1.24 bits per heavy atom. The van der Waals surface area contributed by atoms with Gasteiger partial charge in [0, 0.05) is 22.9 Å². The minimum Gasteiger partial charge on any atom is -0.324 e. The average Bonchev–Trinajstić information content (AvgIpc) is 2.32. The van der Waals surface area contributed by atoms with Gasteiger partial charge in [-0.05, 0) is 48.2 Å². The van der Waals surface area contributed by atoms with Crippen molar-refractivity contribution in [2.45, 2.75) is 19.4 Å². The van der Waals surface area contributed by atoms with Gasteiger partial charge < -0.3 is 5.73 Å². The molecule has 0 saturated carbocycles. The van der Waals surface area contributed by atoms with Gasteiger partial charge in [-0.25, -0.2) is 0 Å². The van der Waals surface area contributed by atoms with Crippen LogP contribution in [0.25, 0.3) is 0 Å².